The molecule has 178 valence electrons. The highest BCUT2D eigenvalue weighted by atomic mass is 32.2. The van der Waals surface area contributed by atoms with Crippen molar-refractivity contribution >= 4 is 21.8 Å². The molecule has 1 heterocycles. The summed E-state index contributed by atoms with van der Waals surface area (Å²) in [5.41, 5.74) is 3.17. The Morgan fingerprint density at radius 1 is 1.00 bits per heavy atom. The van der Waals surface area contributed by atoms with Crippen LogP contribution in [0.5, 0.6) is 0 Å². The van der Waals surface area contributed by atoms with Crippen molar-refractivity contribution in [2.45, 2.75) is 57.5 Å². The molecule has 1 aliphatic heterocycles. The number of rotatable bonds is 7. The Balaban J connectivity index is 1.82. The lowest BCUT2D eigenvalue weighted by Gasteiger charge is -2.39. The van der Waals surface area contributed by atoms with Gasteiger partial charge in [0.05, 0.1) is 4.90 Å². The Bertz CT molecular complexity index is 1080. The first-order chi connectivity index (χ1) is 15.6. The Labute approximate surface area is 196 Å². The molecule has 2 aromatic rings. The summed E-state index contributed by atoms with van der Waals surface area (Å²) in [5, 5.41) is 2.86. The highest BCUT2D eigenvalue weighted by molar-refractivity contribution is 7.89. The summed E-state index contributed by atoms with van der Waals surface area (Å²) in [6, 6.07) is 13.7. The van der Waals surface area contributed by atoms with E-state index in [2.05, 4.69) is 12.2 Å². The van der Waals surface area contributed by atoms with Crippen LogP contribution in [-0.2, 0) is 32.6 Å². The number of aryl methyl sites for hydroxylation is 1. The summed E-state index contributed by atoms with van der Waals surface area (Å²) in [4.78, 5) is 26.8. The van der Waals surface area contributed by atoms with E-state index in [4.69, 9.17) is 0 Å². The number of piperazine rings is 1. The van der Waals surface area contributed by atoms with Crippen LogP contribution in [-0.4, -0.2) is 55.1 Å². The standard InChI is InChI=1S/C25H33N3O4S/c1-5-20-6-8-21(9-7-20)16-26-25(30)24-17-27(19(4)29)14-15-28(24)33(31,32)23-12-10-22(11-13-23)18(2)3/h6-13,18,24H,5,14-17H2,1-4H3,(H,26,30)/t24-/m1/s1. The molecule has 1 saturated heterocycles. The number of sulfonamides is 1. The Morgan fingerprint density at radius 3 is 2.15 bits per heavy atom. The van der Waals surface area contributed by atoms with Gasteiger partial charge < -0.3 is 10.2 Å². The quantitative estimate of drug-likeness (QED) is 0.673. The molecule has 1 fully saturated rings. The summed E-state index contributed by atoms with van der Waals surface area (Å²) >= 11 is 0. The third-order valence-electron chi connectivity index (χ3n) is 6.13. The van der Waals surface area contributed by atoms with Gasteiger partial charge in [-0.15, -0.1) is 0 Å². The second kappa shape index (κ2) is 10.5. The molecule has 8 heteroatoms. The van der Waals surface area contributed by atoms with Crippen molar-refractivity contribution in [1.82, 2.24) is 14.5 Å². The summed E-state index contributed by atoms with van der Waals surface area (Å²) < 4.78 is 28.1. The fourth-order valence-electron chi connectivity index (χ4n) is 3.91. The molecule has 33 heavy (non-hydrogen) atoms. The number of hydrogen-bond acceptors (Lipinski definition) is 4. The molecule has 0 bridgehead atoms. The molecular weight excluding hydrogens is 438 g/mol. The van der Waals surface area contributed by atoms with Gasteiger partial charge in [0.1, 0.15) is 6.04 Å². The maximum absolute atomic E-state index is 13.4. The van der Waals surface area contributed by atoms with Crippen LogP contribution < -0.4 is 5.32 Å². The van der Waals surface area contributed by atoms with Crippen LogP contribution in [0, 0.1) is 0 Å². The minimum Gasteiger partial charge on any atom is -0.351 e. The van der Waals surface area contributed by atoms with Crippen molar-refractivity contribution in [3.8, 4) is 0 Å². The normalized spacial score (nSPS) is 17.2. The Kier molecular flexibility index (Phi) is 7.92. The van der Waals surface area contributed by atoms with Crippen molar-refractivity contribution in [3.63, 3.8) is 0 Å². The highest BCUT2D eigenvalue weighted by Crippen LogP contribution is 2.24. The molecule has 0 radical (unpaired) electrons. The van der Waals surface area contributed by atoms with E-state index in [-0.39, 0.29) is 42.9 Å². The van der Waals surface area contributed by atoms with Gasteiger partial charge in [-0.05, 0) is 41.2 Å². The predicted octanol–water partition coefficient (Wildman–Crippen LogP) is 2.91. The number of carbonyl (C=O) groups is 2. The number of hydrogen-bond donors (Lipinski definition) is 1. The summed E-state index contributed by atoms with van der Waals surface area (Å²) in [6.07, 6.45) is 0.931. The van der Waals surface area contributed by atoms with E-state index in [0.717, 1.165) is 17.5 Å². The van der Waals surface area contributed by atoms with Crippen LogP contribution in [0.25, 0.3) is 0 Å². The largest absolute Gasteiger partial charge is 0.351 e. The summed E-state index contributed by atoms with van der Waals surface area (Å²) in [5.74, 6) is -0.310. The first-order valence-electron chi connectivity index (χ1n) is 11.4. The van der Waals surface area contributed by atoms with Crippen LogP contribution in [0.1, 0.15) is 50.3 Å². The molecular formula is C25H33N3O4S. The Morgan fingerprint density at radius 2 is 1.61 bits per heavy atom. The van der Waals surface area contributed by atoms with Crippen LogP contribution in [0.2, 0.25) is 0 Å². The van der Waals surface area contributed by atoms with E-state index in [1.54, 1.807) is 24.3 Å². The second-order valence-corrected chi connectivity index (χ2v) is 10.6. The lowest BCUT2D eigenvalue weighted by molar-refractivity contribution is -0.134. The van der Waals surface area contributed by atoms with Gasteiger partial charge in [0.25, 0.3) is 0 Å². The number of carbonyl (C=O) groups excluding carboxylic acids is 2. The van der Waals surface area contributed by atoms with Gasteiger partial charge in [-0.25, -0.2) is 8.42 Å². The van der Waals surface area contributed by atoms with E-state index in [0.29, 0.717) is 0 Å². The molecule has 1 aliphatic rings. The monoisotopic (exact) mass is 471 g/mol. The molecule has 2 aromatic carbocycles. The van der Waals surface area contributed by atoms with Crippen LogP contribution >= 0.6 is 0 Å². The number of benzene rings is 2. The highest BCUT2D eigenvalue weighted by Gasteiger charge is 2.40. The molecule has 1 atom stereocenters. The maximum atomic E-state index is 13.4. The van der Waals surface area contributed by atoms with E-state index in [1.807, 2.05) is 38.1 Å². The van der Waals surface area contributed by atoms with E-state index in [1.165, 1.54) is 21.7 Å². The molecule has 1 N–H and O–H groups in total. The Hall–Kier alpha value is -2.71. The topological polar surface area (TPSA) is 86.8 Å². The fourth-order valence-corrected chi connectivity index (χ4v) is 5.48. The molecule has 7 nitrogen and oxygen atoms in total. The summed E-state index contributed by atoms with van der Waals surface area (Å²) in [6.45, 7) is 8.22. The van der Waals surface area contributed by atoms with Crippen molar-refractivity contribution in [3.05, 3.63) is 65.2 Å². The minimum atomic E-state index is -3.91. The lowest BCUT2D eigenvalue weighted by atomic mass is 10.0. The molecule has 0 saturated carbocycles. The predicted molar refractivity (Wildman–Crippen MR) is 128 cm³/mol. The van der Waals surface area contributed by atoms with Gasteiger partial charge in [-0.3, -0.25) is 9.59 Å². The number of amides is 2. The van der Waals surface area contributed by atoms with Crippen molar-refractivity contribution < 1.29 is 18.0 Å². The van der Waals surface area contributed by atoms with Crippen molar-refractivity contribution in [1.29, 1.82) is 0 Å². The zero-order valence-electron chi connectivity index (χ0n) is 19.7. The maximum Gasteiger partial charge on any atom is 0.243 e. The van der Waals surface area contributed by atoms with Gasteiger partial charge in [-0.1, -0.05) is 57.2 Å². The molecule has 3 rings (SSSR count). The second-order valence-electron chi connectivity index (χ2n) is 8.71. The summed E-state index contributed by atoms with van der Waals surface area (Å²) in [7, 11) is -3.91. The molecule has 0 spiro atoms. The molecule has 2 amide bonds. The van der Waals surface area contributed by atoms with Crippen molar-refractivity contribution in [2.24, 2.45) is 0 Å². The molecule has 0 unspecified atom stereocenters. The van der Waals surface area contributed by atoms with E-state index < -0.39 is 22.0 Å². The minimum absolute atomic E-state index is 0.0270. The van der Waals surface area contributed by atoms with Gasteiger partial charge in [0.15, 0.2) is 0 Å². The van der Waals surface area contributed by atoms with E-state index >= 15 is 0 Å². The number of nitrogens with zero attached hydrogens (tertiary/aromatic N) is 2. The van der Waals surface area contributed by atoms with E-state index in [9.17, 15) is 18.0 Å². The third-order valence-corrected chi connectivity index (χ3v) is 8.05. The SMILES string of the molecule is CCc1ccc(CNC(=O)[C@H]2CN(C(C)=O)CCN2S(=O)(=O)c2ccc(C(C)C)cc2)cc1. The molecule has 0 aromatic heterocycles. The van der Waals surface area contributed by atoms with Gasteiger partial charge >= 0.3 is 0 Å². The van der Waals surface area contributed by atoms with Crippen LogP contribution in [0.4, 0.5) is 0 Å². The average Bonchev–Trinajstić information content (AvgIpc) is 2.82. The fraction of sp³-hybridized carbons (Fsp3) is 0.440. The zero-order chi connectivity index (χ0) is 24.2. The van der Waals surface area contributed by atoms with Gasteiger partial charge in [-0.2, -0.15) is 4.31 Å². The van der Waals surface area contributed by atoms with Gasteiger partial charge in [0.2, 0.25) is 21.8 Å². The first kappa shape index (κ1) is 24.9. The average molecular weight is 472 g/mol. The number of nitrogens with one attached hydrogen (secondary N) is 1. The van der Waals surface area contributed by atoms with Gasteiger partial charge in [0, 0.05) is 33.1 Å². The van der Waals surface area contributed by atoms with Crippen LogP contribution in [0.3, 0.4) is 0 Å². The third kappa shape index (κ3) is 5.81. The zero-order valence-corrected chi connectivity index (χ0v) is 20.6. The van der Waals surface area contributed by atoms with Crippen molar-refractivity contribution in [2.75, 3.05) is 19.6 Å². The first-order valence-corrected chi connectivity index (χ1v) is 12.8. The smallest absolute Gasteiger partial charge is 0.243 e. The molecule has 0 aliphatic carbocycles. The van der Waals surface area contributed by atoms with Crippen LogP contribution in [0.15, 0.2) is 53.4 Å². The lowest BCUT2D eigenvalue weighted by Crippen LogP contribution is -2.61.